The molecule has 0 aliphatic heterocycles. The van der Waals surface area contributed by atoms with Gasteiger partial charge in [-0.15, -0.1) is 11.3 Å². The van der Waals surface area contributed by atoms with Crippen LogP contribution in [0.25, 0.3) is 16.5 Å². The molecule has 0 fully saturated rings. The molecule has 196 valence electrons. The molecule has 0 saturated carbocycles. The molecule has 0 atom stereocenters. The van der Waals surface area contributed by atoms with Gasteiger partial charge in [-0.2, -0.15) is 0 Å². The number of rotatable bonds is 16. The number of carbonyl (C=O) groups is 2. The van der Waals surface area contributed by atoms with E-state index in [1.54, 1.807) is 37.7 Å². The van der Waals surface area contributed by atoms with Crippen LogP contribution in [-0.4, -0.2) is 70.7 Å². The van der Waals surface area contributed by atoms with Crippen LogP contribution in [0.1, 0.15) is 26.3 Å². The first-order chi connectivity index (χ1) is 18.0. The van der Waals surface area contributed by atoms with Crippen LogP contribution in [-0.2, 0) is 14.2 Å². The maximum atomic E-state index is 12.7. The third-order valence-electron chi connectivity index (χ3n) is 5.24. The molecule has 1 heterocycles. The minimum atomic E-state index is -1.04. The first-order valence-electron chi connectivity index (χ1n) is 11.6. The fourth-order valence-electron chi connectivity index (χ4n) is 3.34. The van der Waals surface area contributed by atoms with Crippen LogP contribution in [0.2, 0.25) is 0 Å². The number of ketones is 1. The summed E-state index contributed by atoms with van der Waals surface area (Å²) in [6, 6.07) is 13.5. The van der Waals surface area contributed by atoms with E-state index in [1.165, 1.54) is 30.3 Å². The Bertz CT molecular complexity index is 1170. The molecule has 3 aromatic rings. The molecule has 2 aromatic carbocycles. The summed E-state index contributed by atoms with van der Waals surface area (Å²) in [5.41, 5.74) is 2.09. The molecule has 0 spiro atoms. The average molecular weight is 527 g/mol. The molecule has 0 amide bonds. The van der Waals surface area contributed by atoms with Crippen molar-refractivity contribution in [3.63, 3.8) is 0 Å². The molecule has 0 aliphatic rings. The van der Waals surface area contributed by atoms with Crippen molar-refractivity contribution in [2.75, 3.05) is 53.9 Å². The molecular formula is C28H30O8S. The number of hydrogen-bond acceptors (Lipinski definition) is 8. The van der Waals surface area contributed by atoms with Gasteiger partial charge in [0.1, 0.15) is 18.1 Å². The van der Waals surface area contributed by atoms with E-state index in [4.69, 9.17) is 28.8 Å². The molecule has 0 saturated heterocycles. The van der Waals surface area contributed by atoms with E-state index in [9.17, 15) is 9.59 Å². The van der Waals surface area contributed by atoms with E-state index in [0.29, 0.717) is 62.3 Å². The second-order valence-corrected chi connectivity index (χ2v) is 8.66. The number of carbonyl (C=O) groups excluding carboxylic acids is 1. The summed E-state index contributed by atoms with van der Waals surface area (Å²) in [5.74, 6) is -0.105. The fourth-order valence-corrected chi connectivity index (χ4v) is 4.09. The monoisotopic (exact) mass is 526 g/mol. The van der Waals surface area contributed by atoms with Crippen LogP contribution in [0.4, 0.5) is 0 Å². The van der Waals surface area contributed by atoms with Gasteiger partial charge in [0.25, 0.3) is 0 Å². The van der Waals surface area contributed by atoms with E-state index in [2.05, 4.69) is 0 Å². The zero-order valence-electron chi connectivity index (χ0n) is 20.8. The molecule has 0 unspecified atom stereocenters. The normalized spacial score (nSPS) is 11.1. The van der Waals surface area contributed by atoms with Gasteiger partial charge in [-0.05, 0) is 41.8 Å². The lowest BCUT2D eigenvalue weighted by Crippen LogP contribution is -2.12. The van der Waals surface area contributed by atoms with Crippen molar-refractivity contribution < 1.29 is 38.4 Å². The zero-order chi connectivity index (χ0) is 26.5. The number of ether oxygens (including phenoxy) is 5. The van der Waals surface area contributed by atoms with Crippen molar-refractivity contribution in [1.82, 2.24) is 0 Å². The van der Waals surface area contributed by atoms with Gasteiger partial charge >= 0.3 is 5.97 Å². The van der Waals surface area contributed by atoms with Crippen LogP contribution < -0.4 is 9.47 Å². The maximum Gasteiger partial charge on any atom is 0.335 e. The van der Waals surface area contributed by atoms with Crippen LogP contribution in [0.3, 0.4) is 0 Å². The first-order valence-corrected chi connectivity index (χ1v) is 12.5. The number of aromatic carboxylic acids is 1. The van der Waals surface area contributed by atoms with Crippen LogP contribution in [0.5, 0.6) is 11.5 Å². The van der Waals surface area contributed by atoms with E-state index in [0.717, 1.165) is 10.4 Å². The Morgan fingerprint density at radius 3 is 2.16 bits per heavy atom. The summed E-state index contributed by atoms with van der Waals surface area (Å²) in [6.45, 7) is 2.63. The Labute approximate surface area is 220 Å². The third kappa shape index (κ3) is 8.54. The minimum absolute atomic E-state index is 0.121. The summed E-state index contributed by atoms with van der Waals surface area (Å²) >= 11 is 1.58. The second kappa shape index (κ2) is 14.9. The number of hydrogen-bond donors (Lipinski definition) is 1. The number of benzene rings is 2. The number of methoxy groups -OCH3 is 2. The predicted octanol–water partition coefficient (Wildman–Crippen LogP) is 5.08. The molecule has 8 nitrogen and oxygen atoms in total. The standard InChI is InChI=1S/C28H30O8S/c1-32-11-12-34-13-14-35-15-16-36-25-19-26(33-2)23(27-4-3-17-37-27)18-22(25)9-10-24(29)20-5-7-21(8-6-20)28(30)31/h3-10,17-19H,11-16H2,1-2H3,(H,30,31)/b10-9+. The number of carboxylic acid groups (broad SMARTS) is 1. The molecule has 1 aromatic heterocycles. The summed E-state index contributed by atoms with van der Waals surface area (Å²) in [5, 5.41) is 11.0. The molecule has 0 bridgehead atoms. The molecule has 0 radical (unpaired) electrons. The summed E-state index contributed by atoms with van der Waals surface area (Å²) in [6.07, 6.45) is 3.13. The molecule has 3 rings (SSSR count). The van der Waals surface area contributed by atoms with Gasteiger partial charge in [0.2, 0.25) is 0 Å². The quantitative estimate of drug-likeness (QED) is 0.157. The lowest BCUT2D eigenvalue weighted by Gasteiger charge is -2.15. The van der Waals surface area contributed by atoms with E-state index in [1.807, 2.05) is 23.6 Å². The Morgan fingerprint density at radius 1 is 0.865 bits per heavy atom. The maximum absolute atomic E-state index is 12.7. The van der Waals surface area contributed by atoms with Gasteiger partial charge in [-0.3, -0.25) is 4.79 Å². The third-order valence-corrected chi connectivity index (χ3v) is 6.14. The molecule has 1 N–H and O–H groups in total. The largest absolute Gasteiger partial charge is 0.496 e. The van der Waals surface area contributed by atoms with Crippen molar-refractivity contribution in [2.24, 2.45) is 0 Å². The zero-order valence-corrected chi connectivity index (χ0v) is 21.6. The molecular weight excluding hydrogens is 496 g/mol. The van der Waals surface area contributed by atoms with Gasteiger partial charge < -0.3 is 28.8 Å². The van der Waals surface area contributed by atoms with Gasteiger partial charge in [0.15, 0.2) is 5.78 Å². The average Bonchev–Trinajstić information content (AvgIpc) is 3.45. The van der Waals surface area contributed by atoms with Gasteiger partial charge in [-0.25, -0.2) is 4.79 Å². The Morgan fingerprint density at radius 2 is 1.54 bits per heavy atom. The summed E-state index contributed by atoms with van der Waals surface area (Å²) in [7, 11) is 3.22. The second-order valence-electron chi connectivity index (χ2n) is 7.71. The number of allylic oxidation sites excluding steroid dienone is 1. The van der Waals surface area contributed by atoms with Gasteiger partial charge in [0, 0.05) is 34.7 Å². The van der Waals surface area contributed by atoms with E-state index in [-0.39, 0.29) is 11.3 Å². The van der Waals surface area contributed by atoms with E-state index < -0.39 is 5.97 Å². The highest BCUT2D eigenvalue weighted by Crippen LogP contribution is 2.38. The highest BCUT2D eigenvalue weighted by atomic mass is 32.1. The minimum Gasteiger partial charge on any atom is -0.496 e. The Hall–Kier alpha value is -3.50. The number of thiophene rings is 1. The molecule has 0 aliphatic carbocycles. The Kier molecular flexibility index (Phi) is 11.3. The molecule has 37 heavy (non-hydrogen) atoms. The summed E-state index contributed by atoms with van der Waals surface area (Å²) in [4.78, 5) is 24.8. The topological polar surface area (TPSA) is 101 Å². The van der Waals surface area contributed by atoms with Crippen molar-refractivity contribution in [1.29, 1.82) is 0 Å². The van der Waals surface area contributed by atoms with Crippen molar-refractivity contribution in [3.8, 4) is 21.9 Å². The van der Waals surface area contributed by atoms with Crippen LogP contribution >= 0.6 is 11.3 Å². The lowest BCUT2D eigenvalue weighted by molar-refractivity contribution is 0.0179. The number of carboxylic acids is 1. The molecule has 9 heteroatoms. The summed E-state index contributed by atoms with van der Waals surface area (Å²) < 4.78 is 27.5. The van der Waals surface area contributed by atoms with Gasteiger partial charge in [0.05, 0.1) is 45.7 Å². The van der Waals surface area contributed by atoms with Crippen LogP contribution in [0.15, 0.2) is 60.0 Å². The van der Waals surface area contributed by atoms with Crippen molar-refractivity contribution in [2.45, 2.75) is 0 Å². The lowest BCUT2D eigenvalue weighted by atomic mass is 10.0. The smallest absolute Gasteiger partial charge is 0.335 e. The fraction of sp³-hybridized carbons (Fsp3) is 0.286. The highest BCUT2D eigenvalue weighted by molar-refractivity contribution is 7.13. The SMILES string of the molecule is COCCOCCOCCOc1cc(OC)c(-c2cccs2)cc1/C=C/C(=O)c1ccc(C(=O)O)cc1. The van der Waals surface area contributed by atoms with Gasteiger partial charge in [-0.1, -0.05) is 18.2 Å². The Balaban J connectivity index is 1.73. The van der Waals surface area contributed by atoms with E-state index >= 15 is 0 Å². The first kappa shape index (κ1) is 28.1. The van der Waals surface area contributed by atoms with Crippen molar-refractivity contribution >= 4 is 29.2 Å². The van der Waals surface area contributed by atoms with Crippen molar-refractivity contribution in [3.05, 3.63) is 76.7 Å². The van der Waals surface area contributed by atoms with Crippen LogP contribution in [0, 0.1) is 0 Å². The highest BCUT2D eigenvalue weighted by Gasteiger charge is 2.14. The predicted molar refractivity (Wildman–Crippen MR) is 142 cm³/mol.